The van der Waals surface area contributed by atoms with Crippen molar-refractivity contribution in [3.8, 4) is 0 Å². The van der Waals surface area contributed by atoms with Gasteiger partial charge in [-0.25, -0.2) is 8.43 Å². The maximum atomic E-state index is 10.3. The van der Waals surface area contributed by atoms with Gasteiger partial charge < -0.3 is 0 Å². The van der Waals surface area contributed by atoms with E-state index >= 15 is 0 Å². The van der Waals surface area contributed by atoms with E-state index < -0.39 is 0 Å². The van der Waals surface area contributed by atoms with Gasteiger partial charge in [-0.2, -0.15) is 0 Å². The fourth-order valence-electron chi connectivity index (χ4n) is 1.61. The number of nitrogens with one attached hydrogen (secondary N) is 1. The summed E-state index contributed by atoms with van der Waals surface area (Å²) in [6.07, 6.45) is 2.02. The summed E-state index contributed by atoms with van der Waals surface area (Å²) in [6, 6.07) is 0. The molecule has 0 spiro atoms. The Balaban J connectivity index is 1.99. The number of nitro groups is 1. The maximum absolute atomic E-state index is 10.3. The lowest BCUT2D eigenvalue weighted by atomic mass is 10.3. The van der Waals surface area contributed by atoms with Crippen molar-refractivity contribution in [3.05, 3.63) is 10.1 Å². The van der Waals surface area contributed by atoms with E-state index in [9.17, 15) is 10.1 Å². The van der Waals surface area contributed by atoms with Crippen molar-refractivity contribution < 1.29 is 4.92 Å². The van der Waals surface area contributed by atoms with E-state index in [1.807, 2.05) is 18.2 Å². The molecule has 9 heteroatoms. The van der Waals surface area contributed by atoms with Gasteiger partial charge in [0.15, 0.2) is 0 Å². The van der Waals surface area contributed by atoms with E-state index in [-0.39, 0.29) is 11.5 Å². The van der Waals surface area contributed by atoms with Crippen molar-refractivity contribution in [2.24, 2.45) is 0 Å². The lowest BCUT2D eigenvalue weighted by Gasteiger charge is -2.32. The minimum absolute atomic E-state index is 0.0597. The molecule has 0 aliphatic carbocycles. The van der Waals surface area contributed by atoms with E-state index in [4.69, 9.17) is 0 Å². The van der Waals surface area contributed by atoms with Crippen LogP contribution < -0.4 is 4.13 Å². The first-order chi connectivity index (χ1) is 8.72. The quantitative estimate of drug-likeness (QED) is 0.293. The molecule has 0 saturated carbocycles. The van der Waals surface area contributed by atoms with Crippen LogP contribution in [0.25, 0.3) is 0 Å². The molecule has 1 heterocycles. The average molecular weight is 312 g/mol. The van der Waals surface area contributed by atoms with Crippen molar-refractivity contribution in [2.45, 2.75) is 0 Å². The van der Waals surface area contributed by atoms with E-state index in [1.54, 1.807) is 23.9 Å². The molecule has 0 aromatic carbocycles. The zero-order valence-electron chi connectivity index (χ0n) is 10.5. The third-order valence-corrected chi connectivity index (χ3v) is 5.45. The van der Waals surface area contributed by atoms with Crippen LogP contribution >= 0.6 is 35.8 Å². The number of nitrogens with zero attached hydrogens (tertiary/aromatic N) is 3. The van der Waals surface area contributed by atoms with Crippen molar-refractivity contribution in [1.29, 1.82) is 0 Å². The molecule has 106 valence electrons. The van der Waals surface area contributed by atoms with Gasteiger partial charge in [0.2, 0.25) is 6.54 Å². The molecule has 18 heavy (non-hydrogen) atoms. The Kier molecular flexibility index (Phi) is 9.25. The van der Waals surface area contributed by atoms with E-state index in [0.717, 1.165) is 37.7 Å². The largest absolute Gasteiger partial charge is 0.294 e. The molecule has 0 atom stereocenters. The Morgan fingerprint density at radius 3 is 2.61 bits per heavy atom. The molecule has 0 unspecified atom stereocenters. The lowest BCUT2D eigenvalue weighted by Crippen LogP contribution is -2.45. The molecule has 0 aromatic heterocycles. The molecule has 0 bridgehead atoms. The van der Waals surface area contributed by atoms with Crippen molar-refractivity contribution in [1.82, 2.24) is 13.3 Å². The summed E-state index contributed by atoms with van der Waals surface area (Å²) in [6.45, 7) is 4.53. The zero-order chi connectivity index (χ0) is 13.2. The normalized spacial score (nSPS) is 18.1. The highest BCUT2D eigenvalue weighted by atomic mass is 32.2. The molecular weight excluding hydrogens is 292 g/mol. The fraction of sp³-hybridized carbons (Fsp3) is 1.00. The van der Waals surface area contributed by atoms with E-state index in [0.29, 0.717) is 6.54 Å². The Labute approximate surface area is 121 Å². The van der Waals surface area contributed by atoms with Crippen LogP contribution in [-0.2, 0) is 0 Å². The highest BCUT2D eigenvalue weighted by Gasteiger charge is 2.17. The van der Waals surface area contributed by atoms with Gasteiger partial charge in [0.05, 0.1) is 6.54 Å². The molecule has 1 aliphatic heterocycles. The molecule has 0 amide bonds. The average Bonchev–Trinajstić information content (AvgIpc) is 2.37. The minimum Gasteiger partial charge on any atom is -0.294 e. The second kappa shape index (κ2) is 10.2. The molecule has 1 N–H and O–H groups in total. The van der Waals surface area contributed by atoms with E-state index in [2.05, 4.69) is 13.3 Å². The van der Waals surface area contributed by atoms with Gasteiger partial charge in [0.1, 0.15) is 0 Å². The molecule has 0 aromatic rings. The van der Waals surface area contributed by atoms with Crippen LogP contribution in [0.3, 0.4) is 0 Å². The summed E-state index contributed by atoms with van der Waals surface area (Å²) in [5, 5.41) is 10.3. The van der Waals surface area contributed by atoms with Gasteiger partial charge in [-0.1, -0.05) is 35.8 Å². The number of rotatable bonds is 9. The topological polar surface area (TPSA) is 61.6 Å². The van der Waals surface area contributed by atoms with E-state index in [1.165, 1.54) is 0 Å². The van der Waals surface area contributed by atoms with Crippen LogP contribution in [0.5, 0.6) is 0 Å². The first-order valence-electron chi connectivity index (χ1n) is 5.84. The van der Waals surface area contributed by atoms with Crippen LogP contribution in [-0.4, -0.2) is 71.2 Å². The maximum Gasteiger partial charge on any atom is 0.216 e. The predicted octanol–water partition coefficient (Wildman–Crippen LogP) is 1.04. The van der Waals surface area contributed by atoms with Crippen LogP contribution in [0.1, 0.15) is 0 Å². The Hall–Kier alpha value is 0.330. The first kappa shape index (κ1) is 16.4. The van der Waals surface area contributed by atoms with Crippen LogP contribution in [0.2, 0.25) is 0 Å². The molecule has 1 rings (SSSR count). The third-order valence-electron chi connectivity index (χ3n) is 2.53. The molecule has 1 aliphatic rings. The summed E-state index contributed by atoms with van der Waals surface area (Å²) in [5.74, 6) is 2.19. The number of piperazine rings is 1. The Morgan fingerprint density at radius 1 is 1.28 bits per heavy atom. The van der Waals surface area contributed by atoms with Crippen molar-refractivity contribution in [3.63, 3.8) is 0 Å². The minimum atomic E-state index is -0.239. The summed E-state index contributed by atoms with van der Waals surface area (Å²) >= 11 is 5.23. The lowest BCUT2D eigenvalue weighted by molar-refractivity contribution is -0.480. The molecule has 1 fully saturated rings. The van der Waals surface area contributed by atoms with Gasteiger partial charge in [-0.05, 0) is 6.26 Å². The molecule has 1 saturated heterocycles. The molecule has 0 radical (unpaired) electrons. The highest BCUT2D eigenvalue weighted by molar-refractivity contribution is 8.12. The summed E-state index contributed by atoms with van der Waals surface area (Å²) in [5.41, 5.74) is 0. The second-order valence-electron chi connectivity index (χ2n) is 3.80. The Bertz CT molecular complexity index is 240. The predicted molar refractivity (Wildman–Crippen MR) is 81.4 cm³/mol. The third kappa shape index (κ3) is 7.70. The van der Waals surface area contributed by atoms with Crippen LogP contribution in [0.15, 0.2) is 0 Å². The first-order valence-corrected chi connectivity index (χ1v) is 8.99. The SMILES string of the molecule is CSNSCCSN1CCN(CC[N+](=O)[O-])CC1. The van der Waals surface area contributed by atoms with Gasteiger partial charge in [0.25, 0.3) is 0 Å². The van der Waals surface area contributed by atoms with Crippen molar-refractivity contribution in [2.75, 3.05) is 57.0 Å². The summed E-state index contributed by atoms with van der Waals surface area (Å²) in [4.78, 5) is 12.2. The van der Waals surface area contributed by atoms with Gasteiger partial charge in [0, 0.05) is 42.6 Å². The highest BCUT2D eigenvalue weighted by Crippen LogP contribution is 2.15. The summed E-state index contributed by atoms with van der Waals surface area (Å²) in [7, 11) is 0. The smallest absolute Gasteiger partial charge is 0.216 e. The number of hydrogen-bond donors (Lipinski definition) is 1. The standard InChI is InChI=1S/C9H20N4O2S3/c1-16-10-17-8-9-18-12-5-2-11(3-6-12)4-7-13(14)15/h10H,2-9H2,1H3. The summed E-state index contributed by atoms with van der Waals surface area (Å²) < 4.78 is 5.51. The van der Waals surface area contributed by atoms with Gasteiger partial charge in [-0.15, -0.1) is 0 Å². The fourth-order valence-corrected chi connectivity index (χ4v) is 3.73. The van der Waals surface area contributed by atoms with Crippen LogP contribution in [0, 0.1) is 10.1 Å². The molecular formula is C9H20N4O2S3. The zero-order valence-corrected chi connectivity index (χ0v) is 13.0. The van der Waals surface area contributed by atoms with Gasteiger partial charge in [-0.3, -0.25) is 15.0 Å². The second-order valence-corrected chi connectivity index (χ2v) is 6.75. The van der Waals surface area contributed by atoms with Crippen LogP contribution in [0.4, 0.5) is 0 Å². The Morgan fingerprint density at radius 2 is 2.00 bits per heavy atom. The monoisotopic (exact) mass is 312 g/mol. The molecule has 6 nitrogen and oxygen atoms in total. The number of hydrogen-bond acceptors (Lipinski definition) is 8. The van der Waals surface area contributed by atoms with Crippen molar-refractivity contribution >= 4 is 35.8 Å². The van der Waals surface area contributed by atoms with Gasteiger partial charge >= 0.3 is 0 Å².